The highest BCUT2D eigenvalue weighted by molar-refractivity contribution is 5.35. The molecule has 212 valence electrons. The standard InChI is InChI=1S/C33H40F4O2/c1-3-5-6-7-9-25-14-16-27(17-15-25)29(35)20-21-38-30-18-19-31(33(37)32(30)36)39-23-28(34)22-26-12-10-24(8-4-2)11-13-26/h10-19,28-29H,3-9,20-23H2,1-2H3. The van der Waals surface area contributed by atoms with Gasteiger partial charge in [-0.1, -0.05) is 88.1 Å². The highest BCUT2D eigenvalue weighted by atomic mass is 19.2. The minimum absolute atomic E-state index is 0.00187. The molecule has 0 aliphatic heterocycles. The molecule has 0 amide bonds. The second-order valence-corrected chi connectivity index (χ2v) is 10.0. The molecule has 2 unspecified atom stereocenters. The maximum atomic E-state index is 14.6. The van der Waals surface area contributed by atoms with Crippen LogP contribution in [-0.2, 0) is 19.3 Å². The maximum absolute atomic E-state index is 14.6. The third-order valence-electron chi connectivity index (χ3n) is 6.74. The molecule has 0 saturated heterocycles. The van der Waals surface area contributed by atoms with Crippen LogP contribution < -0.4 is 9.47 Å². The smallest absolute Gasteiger partial charge is 0.204 e. The van der Waals surface area contributed by atoms with E-state index >= 15 is 0 Å². The van der Waals surface area contributed by atoms with Crippen molar-refractivity contribution in [2.24, 2.45) is 0 Å². The van der Waals surface area contributed by atoms with Crippen LogP contribution in [0.1, 0.15) is 80.8 Å². The Kier molecular flexibility index (Phi) is 12.7. The van der Waals surface area contributed by atoms with Gasteiger partial charge in [0.15, 0.2) is 11.5 Å². The summed E-state index contributed by atoms with van der Waals surface area (Å²) in [4.78, 5) is 0. The van der Waals surface area contributed by atoms with Crippen molar-refractivity contribution in [2.45, 2.75) is 84.0 Å². The van der Waals surface area contributed by atoms with Gasteiger partial charge in [-0.25, -0.2) is 8.78 Å². The Labute approximate surface area is 230 Å². The first-order chi connectivity index (χ1) is 18.9. The predicted octanol–water partition coefficient (Wildman–Crippen LogP) is 9.48. The van der Waals surface area contributed by atoms with Crippen molar-refractivity contribution < 1.29 is 27.0 Å². The van der Waals surface area contributed by atoms with Crippen molar-refractivity contribution >= 4 is 0 Å². The first kappa shape index (κ1) is 30.5. The van der Waals surface area contributed by atoms with Crippen LogP contribution in [0.3, 0.4) is 0 Å². The fourth-order valence-electron chi connectivity index (χ4n) is 4.45. The van der Waals surface area contributed by atoms with Crippen LogP contribution in [0, 0.1) is 11.6 Å². The highest BCUT2D eigenvalue weighted by Crippen LogP contribution is 2.29. The SMILES string of the molecule is CCCCCCc1ccc(C(F)CCOc2ccc(OCC(F)Cc3ccc(CCC)cc3)c(F)c2F)cc1. The highest BCUT2D eigenvalue weighted by Gasteiger charge is 2.18. The monoisotopic (exact) mass is 544 g/mol. The van der Waals surface area contributed by atoms with Crippen LogP contribution in [0.25, 0.3) is 0 Å². The summed E-state index contributed by atoms with van der Waals surface area (Å²) in [6, 6.07) is 17.5. The van der Waals surface area contributed by atoms with Crippen molar-refractivity contribution in [3.05, 3.63) is 94.6 Å². The van der Waals surface area contributed by atoms with E-state index < -0.39 is 30.6 Å². The van der Waals surface area contributed by atoms with Crippen LogP contribution in [0.4, 0.5) is 17.6 Å². The van der Waals surface area contributed by atoms with Crippen LogP contribution in [0.15, 0.2) is 60.7 Å². The molecule has 0 fully saturated rings. The number of hydrogen-bond donors (Lipinski definition) is 0. The summed E-state index contributed by atoms with van der Waals surface area (Å²) in [6.07, 6.45) is 5.15. The summed E-state index contributed by atoms with van der Waals surface area (Å²) in [5.41, 5.74) is 3.71. The zero-order valence-corrected chi connectivity index (χ0v) is 23.0. The van der Waals surface area contributed by atoms with Crippen LogP contribution >= 0.6 is 0 Å². The molecule has 0 bridgehead atoms. The molecule has 0 aliphatic carbocycles. The number of hydrogen-bond acceptors (Lipinski definition) is 2. The average molecular weight is 545 g/mol. The summed E-state index contributed by atoms with van der Waals surface area (Å²) in [5, 5.41) is 0. The van der Waals surface area contributed by atoms with Gasteiger partial charge in [-0.05, 0) is 53.6 Å². The number of rotatable bonds is 17. The Morgan fingerprint density at radius 2 is 1.23 bits per heavy atom. The number of halogens is 4. The molecule has 2 atom stereocenters. The lowest BCUT2D eigenvalue weighted by molar-refractivity contribution is 0.186. The Morgan fingerprint density at radius 3 is 1.87 bits per heavy atom. The molecule has 39 heavy (non-hydrogen) atoms. The van der Waals surface area contributed by atoms with Crippen molar-refractivity contribution in [3.63, 3.8) is 0 Å². The van der Waals surface area contributed by atoms with Gasteiger partial charge in [-0.15, -0.1) is 0 Å². The minimum Gasteiger partial charge on any atom is -0.490 e. The molecule has 0 aromatic heterocycles. The summed E-state index contributed by atoms with van der Waals surface area (Å²) >= 11 is 0. The fraction of sp³-hybridized carbons (Fsp3) is 0.455. The molecule has 0 N–H and O–H groups in total. The molecule has 3 rings (SSSR count). The van der Waals surface area contributed by atoms with E-state index in [9.17, 15) is 17.6 Å². The van der Waals surface area contributed by atoms with E-state index in [2.05, 4.69) is 13.8 Å². The normalized spacial score (nSPS) is 12.8. The third-order valence-corrected chi connectivity index (χ3v) is 6.74. The van der Waals surface area contributed by atoms with E-state index in [-0.39, 0.29) is 30.9 Å². The van der Waals surface area contributed by atoms with Crippen LogP contribution in [-0.4, -0.2) is 19.4 Å². The van der Waals surface area contributed by atoms with Crippen LogP contribution in [0.2, 0.25) is 0 Å². The van der Waals surface area contributed by atoms with Crippen LogP contribution in [0.5, 0.6) is 11.5 Å². The topological polar surface area (TPSA) is 18.5 Å². The summed E-state index contributed by atoms with van der Waals surface area (Å²) < 4.78 is 68.6. The zero-order valence-electron chi connectivity index (χ0n) is 23.0. The molecule has 3 aromatic carbocycles. The van der Waals surface area contributed by atoms with Crippen molar-refractivity contribution in [2.75, 3.05) is 13.2 Å². The fourth-order valence-corrected chi connectivity index (χ4v) is 4.45. The largest absolute Gasteiger partial charge is 0.490 e. The van der Waals surface area contributed by atoms with Crippen molar-refractivity contribution in [1.29, 1.82) is 0 Å². The van der Waals surface area contributed by atoms with Gasteiger partial charge < -0.3 is 9.47 Å². The zero-order chi connectivity index (χ0) is 28.0. The van der Waals surface area contributed by atoms with E-state index in [1.807, 2.05) is 36.4 Å². The Balaban J connectivity index is 1.43. The second-order valence-electron chi connectivity index (χ2n) is 10.0. The Hall–Kier alpha value is -3.02. The van der Waals surface area contributed by atoms with Gasteiger partial charge in [-0.2, -0.15) is 8.78 Å². The number of aryl methyl sites for hydroxylation is 2. The number of alkyl halides is 2. The summed E-state index contributed by atoms with van der Waals surface area (Å²) in [5.74, 6) is -3.22. The van der Waals surface area contributed by atoms with Crippen molar-refractivity contribution in [1.82, 2.24) is 0 Å². The van der Waals surface area contributed by atoms with Gasteiger partial charge in [0.2, 0.25) is 11.6 Å². The number of ether oxygens (including phenoxy) is 2. The number of benzene rings is 3. The molecule has 2 nitrogen and oxygen atoms in total. The molecule has 0 aliphatic rings. The summed E-state index contributed by atoms with van der Waals surface area (Å²) in [6.45, 7) is 3.74. The molecule has 0 radical (unpaired) electrons. The quantitative estimate of drug-likeness (QED) is 0.124. The first-order valence-corrected chi connectivity index (χ1v) is 14.1. The van der Waals surface area contributed by atoms with E-state index in [1.54, 1.807) is 12.1 Å². The second kappa shape index (κ2) is 16.2. The molecular weight excluding hydrogens is 504 g/mol. The minimum atomic E-state index is -1.38. The molecule has 0 spiro atoms. The van der Waals surface area contributed by atoms with E-state index in [0.29, 0.717) is 5.56 Å². The molecule has 0 heterocycles. The molecular formula is C33H40F4O2. The lowest BCUT2D eigenvalue weighted by Gasteiger charge is -2.14. The predicted molar refractivity (Wildman–Crippen MR) is 149 cm³/mol. The van der Waals surface area contributed by atoms with Gasteiger partial charge in [-0.3, -0.25) is 0 Å². The van der Waals surface area contributed by atoms with Crippen molar-refractivity contribution in [3.8, 4) is 11.5 Å². The molecule has 6 heteroatoms. The first-order valence-electron chi connectivity index (χ1n) is 14.1. The Morgan fingerprint density at radius 1 is 0.641 bits per heavy atom. The van der Waals surface area contributed by atoms with Gasteiger partial charge >= 0.3 is 0 Å². The van der Waals surface area contributed by atoms with Gasteiger partial charge in [0.25, 0.3) is 0 Å². The lowest BCUT2D eigenvalue weighted by Crippen LogP contribution is -2.16. The van der Waals surface area contributed by atoms with E-state index in [4.69, 9.17) is 9.47 Å². The third kappa shape index (κ3) is 9.90. The number of unbranched alkanes of at least 4 members (excludes halogenated alkanes) is 3. The molecule has 0 saturated carbocycles. The maximum Gasteiger partial charge on any atom is 0.204 e. The summed E-state index contributed by atoms with van der Waals surface area (Å²) in [7, 11) is 0. The Bertz CT molecular complexity index is 1120. The van der Waals surface area contributed by atoms with Gasteiger partial charge in [0, 0.05) is 12.8 Å². The van der Waals surface area contributed by atoms with E-state index in [1.165, 1.54) is 42.5 Å². The van der Waals surface area contributed by atoms with E-state index in [0.717, 1.165) is 31.2 Å². The van der Waals surface area contributed by atoms with Gasteiger partial charge in [0.1, 0.15) is 19.0 Å². The average Bonchev–Trinajstić information content (AvgIpc) is 2.94. The molecule has 3 aromatic rings. The van der Waals surface area contributed by atoms with Gasteiger partial charge in [0.05, 0.1) is 6.61 Å². The lowest BCUT2D eigenvalue weighted by atomic mass is 10.0.